The smallest absolute Gasteiger partial charge is 0.406 e. The van der Waals surface area contributed by atoms with Crippen LogP contribution in [0.1, 0.15) is 0 Å². The van der Waals surface area contributed by atoms with Crippen molar-refractivity contribution in [1.29, 1.82) is 0 Å². The molecule has 1 heterocycles. The number of hydrogen-bond donors (Lipinski definition) is 1. The average molecular weight is 399 g/mol. The van der Waals surface area contributed by atoms with Crippen LogP contribution in [0.3, 0.4) is 0 Å². The lowest BCUT2D eigenvalue weighted by Crippen LogP contribution is -2.17. The molecule has 2 N–H and O–H groups in total. The third-order valence-electron chi connectivity index (χ3n) is 3.09. The van der Waals surface area contributed by atoms with Crippen LogP contribution in [0, 0.1) is 0 Å². The summed E-state index contributed by atoms with van der Waals surface area (Å²) in [7, 11) is 0. The summed E-state index contributed by atoms with van der Waals surface area (Å²) in [6.07, 6.45) is -3.25. The number of nitrogens with zero attached hydrogens (tertiary/aromatic N) is 3. The van der Waals surface area contributed by atoms with Crippen LogP contribution in [0.15, 0.2) is 53.3 Å². The number of hydrogen-bond acceptors (Lipinski definition) is 4. The Morgan fingerprint density at radius 3 is 2.42 bits per heavy atom. The molecule has 24 heavy (non-hydrogen) atoms. The minimum atomic E-state index is -4.72. The number of nitrogens with two attached hydrogens (primary N) is 1. The molecule has 0 fully saturated rings. The Balaban J connectivity index is 1.84. The van der Waals surface area contributed by atoms with E-state index in [1.807, 2.05) is 0 Å². The summed E-state index contributed by atoms with van der Waals surface area (Å²) in [6, 6.07) is 10.6. The van der Waals surface area contributed by atoms with E-state index in [4.69, 9.17) is 5.73 Å². The molecule has 0 atom stereocenters. The van der Waals surface area contributed by atoms with Crippen LogP contribution >= 0.6 is 15.9 Å². The molecule has 0 radical (unpaired) electrons. The number of halogens is 4. The Kier molecular flexibility index (Phi) is 4.18. The summed E-state index contributed by atoms with van der Waals surface area (Å²) in [4.78, 5) is 4.19. The van der Waals surface area contributed by atoms with Crippen LogP contribution in [0.4, 0.5) is 18.9 Å². The van der Waals surface area contributed by atoms with Crippen molar-refractivity contribution < 1.29 is 17.9 Å². The van der Waals surface area contributed by atoms with Crippen molar-refractivity contribution in [3.8, 4) is 22.8 Å². The molecule has 0 aliphatic carbocycles. The summed E-state index contributed by atoms with van der Waals surface area (Å²) >= 11 is 3.33. The number of rotatable bonds is 3. The predicted molar refractivity (Wildman–Crippen MR) is 85.6 cm³/mol. The maximum Gasteiger partial charge on any atom is 0.573 e. The molecule has 0 saturated heterocycles. The molecule has 0 spiro atoms. The predicted octanol–water partition coefficient (Wildman–Crippen LogP) is 4.18. The van der Waals surface area contributed by atoms with Crippen molar-refractivity contribution in [3.63, 3.8) is 0 Å². The van der Waals surface area contributed by atoms with Gasteiger partial charge in [0.2, 0.25) is 0 Å². The second-order valence-electron chi connectivity index (χ2n) is 4.79. The van der Waals surface area contributed by atoms with Gasteiger partial charge in [-0.1, -0.05) is 0 Å². The lowest BCUT2D eigenvalue weighted by Gasteiger charge is -2.09. The van der Waals surface area contributed by atoms with E-state index < -0.39 is 6.36 Å². The summed E-state index contributed by atoms with van der Waals surface area (Å²) in [6.45, 7) is 0. The van der Waals surface area contributed by atoms with Crippen LogP contribution in [0.25, 0.3) is 17.1 Å². The molecule has 5 nitrogen and oxygen atoms in total. The fourth-order valence-corrected chi connectivity index (χ4v) is 2.37. The normalized spacial score (nSPS) is 11.5. The molecular formula is C15H10BrF3N4O. The molecule has 1 aromatic heterocycles. The van der Waals surface area contributed by atoms with E-state index >= 15 is 0 Å². The molecule has 124 valence electrons. The van der Waals surface area contributed by atoms with Crippen molar-refractivity contribution in [2.24, 2.45) is 0 Å². The number of nitrogen functional groups attached to an aromatic ring is 1. The Morgan fingerprint density at radius 2 is 1.79 bits per heavy atom. The monoisotopic (exact) mass is 398 g/mol. The lowest BCUT2D eigenvalue weighted by atomic mass is 10.2. The Hall–Kier alpha value is -2.55. The lowest BCUT2D eigenvalue weighted by molar-refractivity contribution is -0.274. The molecule has 0 aliphatic heterocycles. The van der Waals surface area contributed by atoms with E-state index in [0.717, 1.165) is 10.0 Å². The average Bonchev–Trinajstić information content (AvgIpc) is 2.99. The van der Waals surface area contributed by atoms with Crippen molar-refractivity contribution >= 4 is 21.6 Å². The first-order chi connectivity index (χ1) is 11.3. The molecular weight excluding hydrogens is 389 g/mol. The molecule has 0 amide bonds. The van der Waals surface area contributed by atoms with Gasteiger partial charge in [-0.15, -0.1) is 18.3 Å². The van der Waals surface area contributed by atoms with Gasteiger partial charge in [-0.2, -0.15) is 0 Å². The fourth-order valence-electron chi connectivity index (χ4n) is 1.99. The Bertz CT molecular complexity index is 862. The standard InChI is InChI=1S/C15H10BrF3N4O/c16-12-7-9(1-6-13(12)20)14-21-8-23(22-14)10-2-4-11(5-3-10)24-15(17,18)19/h1-8H,20H2. The molecule has 0 aliphatic rings. The highest BCUT2D eigenvalue weighted by Crippen LogP contribution is 2.26. The molecule has 2 aromatic carbocycles. The van der Waals surface area contributed by atoms with Gasteiger partial charge in [0, 0.05) is 15.7 Å². The van der Waals surface area contributed by atoms with Gasteiger partial charge < -0.3 is 10.5 Å². The molecule has 9 heteroatoms. The topological polar surface area (TPSA) is 66.0 Å². The first kappa shape index (κ1) is 16.3. The minimum absolute atomic E-state index is 0.297. The maximum atomic E-state index is 12.2. The van der Waals surface area contributed by atoms with Gasteiger partial charge in [0.15, 0.2) is 5.82 Å². The largest absolute Gasteiger partial charge is 0.573 e. The number of benzene rings is 2. The third-order valence-corrected chi connectivity index (χ3v) is 3.77. The molecule has 3 aromatic rings. The molecule has 0 saturated carbocycles. The number of alkyl halides is 3. The summed E-state index contributed by atoms with van der Waals surface area (Å²) in [5, 5.41) is 4.31. The van der Waals surface area contributed by atoms with Crippen molar-refractivity contribution in [1.82, 2.24) is 14.8 Å². The zero-order chi connectivity index (χ0) is 17.3. The molecule has 0 bridgehead atoms. The van der Waals surface area contributed by atoms with Gasteiger partial charge in [0.1, 0.15) is 12.1 Å². The van der Waals surface area contributed by atoms with Crippen LogP contribution < -0.4 is 10.5 Å². The van der Waals surface area contributed by atoms with Crippen molar-refractivity contribution in [2.45, 2.75) is 6.36 Å². The number of aromatic nitrogens is 3. The SMILES string of the molecule is Nc1ccc(-c2ncn(-c3ccc(OC(F)(F)F)cc3)n2)cc1Br. The zero-order valence-corrected chi connectivity index (χ0v) is 13.5. The first-order valence-corrected chi connectivity index (χ1v) is 7.44. The van der Waals surface area contributed by atoms with Crippen molar-refractivity contribution in [3.05, 3.63) is 53.3 Å². The Labute approximate surface area is 143 Å². The zero-order valence-electron chi connectivity index (χ0n) is 12.0. The van der Waals surface area contributed by atoms with Crippen LogP contribution in [-0.2, 0) is 0 Å². The quantitative estimate of drug-likeness (QED) is 0.672. The van der Waals surface area contributed by atoms with Gasteiger partial charge in [-0.25, -0.2) is 9.67 Å². The van der Waals surface area contributed by atoms with E-state index in [1.54, 1.807) is 18.2 Å². The third kappa shape index (κ3) is 3.67. The number of ether oxygens (including phenoxy) is 1. The van der Waals surface area contributed by atoms with Crippen LogP contribution in [-0.4, -0.2) is 21.1 Å². The highest BCUT2D eigenvalue weighted by Gasteiger charge is 2.30. The summed E-state index contributed by atoms with van der Waals surface area (Å²) < 4.78 is 42.5. The van der Waals surface area contributed by atoms with E-state index in [-0.39, 0.29) is 5.75 Å². The van der Waals surface area contributed by atoms with Gasteiger partial charge >= 0.3 is 6.36 Å². The van der Waals surface area contributed by atoms with Crippen LogP contribution in [0.2, 0.25) is 0 Å². The van der Waals surface area contributed by atoms with Gasteiger partial charge in [-0.05, 0) is 58.4 Å². The van der Waals surface area contributed by atoms with Gasteiger partial charge in [0.05, 0.1) is 5.69 Å². The second-order valence-corrected chi connectivity index (χ2v) is 5.65. The van der Waals surface area contributed by atoms with Crippen LogP contribution in [0.5, 0.6) is 5.75 Å². The van der Waals surface area contributed by atoms with E-state index in [2.05, 4.69) is 30.7 Å². The first-order valence-electron chi connectivity index (χ1n) is 6.65. The Morgan fingerprint density at radius 1 is 1.08 bits per heavy atom. The van der Waals surface area contributed by atoms with E-state index in [9.17, 15) is 13.2 Å². The minimum Gasteiger partial charge on any atom is -0.406 e. The molecule has 0 unspecified atom stereocenters. The second kappa shape index (κ2) is 6.16. The highest BCUT2D eigenvalue weighted by atomic mass is 79.9. The summed E-state index contributed by atoms with van der Waals surface area (Å²) in [5.74, 6) is 0.167. The summed E-state index contributed by atoms with van der Waals surface area (Å²) in [5.41, 5.74) is 7.64. The van der Waals surface area contributed by atoms with Crippen molar-refractivity contribution in [2.75, 3.05) is 5.73 Å². The number of anilines is 1. The van der Waals surface area contributed by atoms with E-state index in [0.29, 0.717) is 17.2 Å². The highest BCUT2D eigenvalue weighted by molar-refractivity contribution is 9.10. The molecule has 3 rings (SSSR count). The van der Waals surface area contributed by atoms with Gasteiger partial charge in [0.25, 0.3) is 0 Å². The fraction of sp³-hybridized carbons (Fsp3) is 0.0667. The van der Waals surface area contributed by atoms with Gasteiger partial charge in [-0.3, -0.25) is 0 Å². The maximum absolute atomic E-state index is 12.2. The van der Waals surface area contributed by atoms with E-state index in [1.165, 1.54) is 35.3 Å².